The highest BCUT2D eigenvalue weighted by molar-refractivity contribution is 9.10. The predicted octanol–water partition coefficient (Wildman–Crippen LogP) is 2.12. The average Bonchev–Trinajstić information content (AvgIpc) is 1.99. The Hall–Kier alpha value is -0.680. The second-order valence-corrected chi connectivity index (χ2v) is 4.92. The number of aliphatic hydroxyl groups is 1. The Morgan fingerprint density at radius 3 is 2.67 bits per heavy atom. The van der Waals surface area contributed by atoms with Crippen LogP contribution in [0.3, 0.4) is 0 Å². The highest BCUT2D eigenvalue weighted by Gasteiger charge is 2.11. The second-order valence-electron chi connectivity index (χ2n) is 4.11. The van der Waals surface area contributed by atoms with Gasteiger partial charge in [-0.1, -0.05) is 0 Å². The number of rotatable bonds is 4. The van der Waals surface area contributed by atoms with Crippen LogP contribution in [0.15, 0.2) is 10.7 Å². The standard InChI is InChI=1S/C10H16BrN3O/c1-7-13-8(11)6-9(14-7)12-5-4-10(2,3)15/h6,15H,4-5H2,1-3H3,(H,12,13,14). The molecule has 0 aliphatic rings. The SMILES string of the molecule is Cc1nc(Br)cc(NCCC(C)(C)O)n1. The summed E-state index contributed by atoms with van der Waals surface area (Å²) in [6.07, 6.45) is 0.674. The molecule has 0 aromatic carbocycles. The van der Waals surface area contributed by atoms with Gasteiger partial charge in [-0.3, -0.25) is 0 Å². The first-order valence-electron chi connectivity index (χ1n) is 4.84. The number of nitrogens with zero attached hydrogens (tertiary/aromatic N) is 2. The van der Waals surface area contributed by atoms with E-state index in [0.717, 1.165) is 16.2 Å². The van der Waals surface area contributed by atoms with Crippen molar-refractivity contribution in [3.05, 3.63) is 16.5 Å². The van der Waals surface area contributed by atoms with E-state index in [2.05, 4.69) is 31.2 Å². The van der Waals surface area contributed by atoms with E-state index >= 15 is 0 Å². The van der Waals surface area contributed by atoms with Gasteiger partial charge in [0.1, 0.15) is 16.2 Å². The molecule has 0 aliphatic heterocycles. The van der Waals surface area contributed by atoms with Crippen molar-refractivity contribution in [1.82, 2.24) is 9.97 Å². The van der Waals surface area contributed by atoms with Crippen LogP contribution in [0.2, 0.25) is 0 Å². The maximum atomic E-state index is 9.52. The van der Waals surface area contributed by atoms with Crippen molar-refractivity contribution in [3.63, 3.8) is 0 Å². The van der Waals surface area contributed by atoms with Crippen LogP contribution in [0.4, 0.5) is 5.82 Å². The third-order valence-electron chi connectivity index (χ3n) is 1.85. The van der Waals surface area contributed by atoms with Gasteiger partial charge in [-0.2, -0.15) is 0 Å². The Morgan fingerprint density at radius 1 is 1.47 bits per heavy atom. The molecule has 1 aromatic heterocycles. The molecule has 0 saturated carbocycles. The number of halogens is 1. The summed E-state index contributed by atoms with van der Waals surface area (Å²) in [6, 6.07) is 1.82. The predicted molar refractivity (Wildman–Crippen MR) is 63.9 cm³/mol. The monoisotopic (exact) mass is 273 g/mol. The van der Waals surface area contributed by atoms with Crippen LogP contribution in [0, 0.1) is 6.92 Å². The molecule has 1 rings (SSSR count). The smallest absolute Gasteiger partial charge is 0.130 e. The minimum atomic E-state index is -0.647. The zero-order valence-corrected chi connectivity index (χ0v) is 10.8. The minimum absolute atomic E-state index is 0.647. The lowest BCUT2D eigenvalue weighted by atomic mass is 10.1. The van der Waals surface area contributed by atoms with Gasteiger partial charge >= 0.3 is 0 Å². The van der Waals surface area contributed by atoms with E-state index in [1.54, 1.807) is 13.8 Å². The van der Waals surface area contributed by atoms with Crippen molar-refractivity contribution in [2.45, 2.75) is 32.8 Å². The van der Waals surface area contributed by atoms with Crippen molar-refractivity contribution < 1.29 is 5.11 Å². The molecule has 1 heterocycles. The molecule has 4 nitrogen and oxygen atoms in total. The molecule has 1 aromatic rings. The number of hydrogen-bond acceptors (Lipinski definition) is 4. The lowest BCUT2D eigenvalue weighted by Crippen LogP contribution is -2.22. The first-order chi connectivity index (χ1) is 6.87. The highest BCUT2D eigenvalue weighted by atomic mass is 79.9. The van der Waals surface area contributed by atoms with Crippen molar-refractivity contribution in [1.29, 1.82) is 0 Å². The number of hydrogen-bond donors (Lipinski definition) is 2. The molecule has 0 radical (unpaired) electrons. The summed E-state index contributed by atoms with van der Waals surface area (Å²) in [4.78, 5) is 8.33. The molecule has 0 amide bonds. The molecule has 15 heavy (non-hydrogen) atoms. The van der Waals surface area contributed by atoms with Crippen LogP contribution < -0.4 is 5.32 Å². The van der Waals surface area contributed by atoms with Gasteiger partial charge in [-0.15, -0.1) is 0 Å². The molecule has 0 fully saturated rings. The van der Waals surface area contributed by atoms with Gasteiger partial charge in [0.2, 0.25) is 0 Å². The zero-order valence-electron chi connectivity index (χ0n) is 9.21. The van der Waals surface area contributed by atoms with Crippen molar-refractivity contribution >= 4 is 21.7 Å². The molecule has 2 N–H and O–H groups in total. The summed E-state index contributed by atoms with van der Waals surface area (Å²) in [6.45, 7) is 6.10. The zero-order chi connectivity index (χ0) is 11.5. The maximum absolute atomic E-state index is 9.52. The van der Waals surface area contributed by atoms with Gasteiger partial charge in [0, 0.05) is 12.6 Å². The van der Waals surface area contributed by atoms with Gasteiger partial charge < -0.3 is 10.4 Å². The van der Waals surface area contributed by atoms with Crippen LogP contribution in [0.5, 0.6) is 0 Å². The molecular formula is C10H16BrN3O. The van der Waals surface area contributed by atoms with Crippen LogP contribution >= 0.6 is 15.9 Å². The summed E-state index contributed by atoms with van der Waals surface area (Å²) in [5, 5.41) is 12.7. The second kappa shape index (κ2) is 4.90. The van der Waals surface area contributed by atoms with Crippen LogP contribution in [0.25, 0.3) is 0 Å². The Balaban J connectivity index is 2.51. The fourth-order valence-electron chi connectivity index (χ4n) is 1.12. The topological polar surface area (TPSA) is 58.0 Å². The Kier molecular flexibility index (Phi) is 4.04. The van der Waals surface area contributed by atoms with Gasteiger partial charge in [0.15, 0.2) is 0 Å². The average molecular weight is 274 g/mol. The van der Waals surface area contributed by atoms with E-state index in [0.29, 0.717) is 13.0 Å². The fraction of sp³-hybridized carbons (Fsp3) is 0.600. The highest BCUT2D eigenvalue weighted by Crippen LogP contribution is 2.13. The Bertz CT molecular complexity index is 316. The van der Waals surface area contributed by atoms with Gasteiger partial charge in [-0.05, 0) is 43.1 Å². The van der Waals surface area contributed by atoms with E-state index in [1.165, 1.54) is 0 Å². The van der Waals surface area contributed by atoms with Crippen LogP contribution in [-0.4, -0.2) is 27.2 Å². The van der Waals surface area contributed by atoms with Gasteiger partial charge in [-0.25, -0.2) is 9.97 Å². The van der Waals surface area contributed by atoms with Crippen LogP contribution in [-0.2, 0) is 0 Å². The summed E-state index contributed by atoms with van der Waals surface area (Å²) >= 11 is 3.30. The van der Waals surface area contributed by atoms with E-state index in [-0.39, 0.29) is 0 Å². The number of nitrogens with one attached hydrogen (secondary N) is 1. The molecule has 84 valence electrons. The van der Waals surface area contributed by atoms with Crippen LogP contribution in [0.1, 0.15) is 26.1 Å². The van der Waals surface area contributed by atoms with Gasteiger partial charge in [0.25, 0.3) is 0 Å². The normalized spacial score (nSPS) is 11.5. The molecule has 5 heteroatoms. The number of anilines is 1. The van der Waals surface area contributed by atoms with E-state index < -0.39 is 5.60 Å². The summed E-state index contributed by atoms with van der Waals surface area (Å²) in [5.74, 6) is 1.49. The fourth-order valence-corrected chi connectivity index (χ4v) is 1.59. The lowest BCUT2D eigenvalue weighted by Gasteiger charge is -2.17. The van der Waals surface area contributed by atoms with E-state index in [1.807, 2.05) is 13.0 Å². The molecule has 0 unspecified atom stereocenters. The third kappa shape index (κ3) is 5.09. The Labute approximate surface area is 98.3 Å². The number of aromatic nitrogens is 2. The van der Waals surface area contributed by atoms with E-state index in [9.17, 15) is 5.11 Å². The molecule has 0 spiro atoms. The van der Waals surface area contributed by atoms with Crippen molar-refractivity contribution in [2.75, 3.05) is 11.9 Å². The van der Waals surface area contributed by atoms with E-state index in [4.69, 9.17) is 0 Å². The summed E-state index contributed by atoms with van der Waals surface area (Å²) in [7, 11) is 0. The Morgan fingerprint density at radius 2 is 2.13 bits per heavy atom. The van der Waals surface area contributed by atoms with Gasteiger partial charge in [0.05, 0.1) is 5.60 Å². The van der Waals surface area contributed by atoms with Crippen molar-refractivity contribution in [3.8, 4) is 0 Å². The third-order valence-corrected chi connectivity index (χ3v) is 2.26. The molecular weight excluding hydrogens is 258 g/mol. The molecule has 0 bridgehead atoms. The quantitative estimate of drug-likeness (QED) is 0.826. The first kappa shape index (κ1) is 12.4. The molecule has 0 aliphatic carbocycles. The maximum Gasteiger partial charge on any atom is 0.130 e. The lowest BCUT2D eigenvalue weighted by molar-refractivity contribution is 0.0748. The first-order valence-corrected chi connectivity index (χ1v) is 5.63. The molecule has 0 saturated heterocycles. The van der Waals surface area contributed by atoms with Crippen molar-refractivity contribution in [2.24, 2.45) is 0 Å². The summed E-state index contributed by atoms with van der Waals surface area (Å²) in [5.41, 5.74) is -0.647. The molecule has 0 atom stereocenters. The largest absolute Gasteiger partial charge is 0.390 e. The summed E-state index contributed by atoms with van der Waals surface area (Å²) < 4.78 is 0.765. The minimum Gasteiger partial charge on any atom is -0.390 e. The number of aryl methyl sites for hydroxylation is 1.